The molecule has 0 saturated carbocycles. The fraction of sp³-hybridized carbons (Fsp3) is 0.571. The van der Waals surface area contributed by atoms with Crippen LogP contribution < -0.4 is 0 Å². The molecule has 1 aromatic heterocycles. The summed E-state index contributed by atoms with van der Waals surface area (Å²) in [5.74, 6) is -0.742. The molecule has 0 aliphatic heterocycles. The van der Waals surface area contributed by atoms with Gasteiger partial charge in [0.25, 0.3) is 0 Å². The maximum atomic E-state index is 10.1. The summed E-state index contributed by atoms with van der Waals surface area (Å²) in [6, 6.07) is 0. The summed E-state index contributed by atoms with van der Waals surface area (Å²) < 4.78 is 1.70. The van der Waals surface area contributed by atoms with E-state index in [0.29, 0.717) is 6.42 Å². The molecule has 0 aliphatic rings. The maximum Gasteiger partial charge on any atom is 0.303 e. The van der Waals surface area contributed by atoms with E-state index in [-0.39, 0.29) is 6.42 Å². The Kier molecular flexibility index (Phi) is 3.25. The highest BCUT2D eigenvalue weighted by Gasteiger charge is 1.96. The molecule has 0 aromatic carbocycles. The minimum Gasteiger partial charge on any atom is -0.481 e. The van der Waals surface area contributed by atoms with Crippen molar-refractivity contribution in [1.82, 2.24) is 14.8 Å². The summed E-state index contributed by atoms with van der Waals surface area (Å²) in [7, 11) is 0. The minimum atomic E-state index is -0.742. The highest BCUT2D eigenvalue weighted by atomic mass is 16.4. The van der Waals surface area contributed by atoms with Crippen LogP contribution in [0, 0.1) is 0 Å². The highest BCUT2D eigenvalue weighted by molar-refractivity contribution is 5.66. The van der Waals surface area contributed by atoms with E-state index < -0.39 is 5.97 Å². The third-order valence-corrected chi connectivity index (χ3v) is 1.49. The van der Waals surface area contributed by atoms with Crippen molar-refractivity contribution in [2.45, 2.75) is 25.8 Å². The van der Waals surface area contributed by atoms with Crippen molar-refractivity contribution in [3.8, 4) is 0 Å². The van der Waals surface area contributed by atoms with Gasteiger partial charge in [-0.1, -0.05) is 0 Å². The molecule has 5 nitrogen and oxygen atoms in total. The third kappa shape index (κ3) is 3.14. The van der Waals surface area contributed by atoms with Gasteiger partial charge in [0.1, 0.15) is 12.7 Å². The summed E-state index contributed by atoms with van der Waals surface area (Å²) in [5.41, 5.74) is 0. The summed E-state index contributed by atoms with van der Waals surface area (Å²) in [6.45, 7) is 0.743. The van der Waals surface area contributed by atoms with Gasteiger partial charge in [0.05, 0.1) is 0 Å². The lowest BCUT2D eigenvalue weighted by Crippen LogP contribution is -2.00. The molecule has 0 radical (unpaired) electrons. The smallest absolute Gasteiger partial charge is 0.303 e. The van der Waals surface area contributed by atoms with Gasteiger partial charge in [-0.2, -0.15) is 5.10 Å². The van der Waals surface area contributed by atoms with Gasteiger partial charge in [0.2, 0.25) is 0 Å². The van der Waals surface area contributed by atoms with Gasteiger partial charge >= 0.3 is 5.97 Å². The zero-order chi connectivity index (χ0) is 8.81. The number of aliphatic carboxylic acids is 1. The standard InChI is InChI=1S/C7H11N3O2/c11-7(12)3-1-2-4-10-6-8-5-9-10/h5-6H,1-4H2,(H,11,12). The van der Waals surface area contributed by atoms with Crippen LogP contribution in [0.4, 0.5) is 0 Å². The van der Waals surface area contributed by atoms with Crippen LogP contribution in [0.5, 0.6) is 0 Å². The molecule has 1 N–H and O–H groups in total. The number of nitrogens with zero attached hydrogens (tertiary/aromatic N) is 3. The van der Waals surface area contributed by atoms with Gasteiger partial charge in [-0.15, -0.1) is 0 Å². The van der Waals surface area contributed by atoms with E-state index in [4.69, 9.17) is 5.11 Å². The Morgan fingerprint density at radius 3 is 2.92 bits per heavy atom. The minimum absolute atomic E-state index is 0.231. The zero-order valence-corrected chi connectivity index (χ0v) is 6.68. The molecule has 5 heteroatoms. The lowest BCUT2D eigenvalue weighted by Gasteiger charge is -1.97. The van der Waals surface area contributed by atoms with Gasteiger partial charge in [0.15, 0.2) is 0 Å². The van der Waals surface area contributed by atoms with Gasteiger partial charge in [-0.25, -0.2) is 4.98 Å². The molecule has 0 bridgehead atoms. The number of aryl methyl sites for hydroxylation is 1. The molecule has 0 spiro atoms. The summed E-state index contributed by atoms with van der Waals surface area (Å²) in [5, 5.41) is 12.2. The second-order valence-corrected chi connectivity index (χ2v) is 2.51. The number of carboxylic acid groups (broad SMARTS) is 1. The number of unbranched alkanes of at least 4 members (excludes halogenated alkanes) is 1. The monoisotopic (exact) mass is 169 g/mol. The first-order chi connectivity index (χ1) is 5.79. The van der Waals surface area contributed by atoms with Crippen LogP contribution in [-0.4, -0.2) is 25.8 Å². The summed E-state index contributed by atoms with van der Waals surface area (Å²) >= 11 is 0. The molecular formula is C7H11N3O2. The topological polar surface area (TPSA) is 68.0 Å². The van der Waals surface area contributed by atoms with E-state index in [1.54, 1.807) is 11.0 Å². The van der Waals surface area contributed by atoms with E-state index in [2.05, 4.69) is 10.1 Å². The lowest BCUT2D eigenvalue weighted by atomic mass is 10.2. The van der Waals surface area contributed by atoms with Gasteiger partial charge in [-0.05, 0) is 12.8 Å². The summed E-state index contributed by atoms with van der Waals surface area (Å²) in [6.07, 6.45) is 4.84. The first kappa shape index (κ1) is 8.70. The molecular weight excluding hydrogens is 158 g/mol. The van der Waals surface area contributed by atoms with Gasteiger partial charge < -0.3 is 5.11 Å². The number of hydrogen-bond donors (Lipinski definition) is 1. The van der Waals surface area contributed by atoms with E-state index in [1.807, 2.05) is 0 Å². The zero-order valence-electron chi connectivity index (χ0n) is 6.68. The van der Waals surface area contributed by atoms with Crippen molar-refractivity contribution in [2.75, 3.05) is 0 Å². The summed E-state index contributed by atoms with van der Waals surface area (Å²) in [4.78, 5) is 13.9. The van der Waals surface area contributed by atoms with Crippen molar-refractivity contribution < 1.29 is 9.90 Å². The molecule has 0 unspecified atom stereocenters. The quantitative estimate of drug-likeness (QED) is 0.653. The molecule has 0 amide bonds. The van der Waals surface area contributed by atoms with Crippen molar-refractivity contribution in [3.05, 3.63) is 12.7 Å². The second-order valence-electron chi connectivity index (χ2n) is 2.51. The molecule has 0 saturated heterocycles. The number of hydrogen-bond acceptors (Lipinski definition) is 3. The molecule has 1 aromatic rings. The van der Waals surface area contributed by atoms with Crippen LogP contribution in [0.25, 0.3) is 0 Å². The van der Waals surface area contributed by atoms with Gasteiger partial charge in [0, 0.05) is 13.0 Å². The molecule has 12 heavy (non-hydrogen) atoms. The Morgan fingerprint density at radius 1 is 1.50 bits per heavy atom. The molecule has 66 valence electrons. The lowest BCUT2D eigenvalue weighted by molar-refractivity contribution is -0.137. The number of rotatable bonds is 5. The van der Waals surface area contributed by atoms with Crippen molar-refractivity contribution >= 4 is 5.97 Å². The number of carbonyl (C=O) groups is 1. The Morgan fingerprint density at radius 2 is 2.33 bits per heavy atom. The van der Waals surface area contributed by atoms with Crippen molar-refractivity contribution in [2.24, 2.45) is 0 Å². The average molecular weight is 169 g/mol. The first-order valence-electron chi connectivity index (χ1n) is 3.83. The van der Waals surface area contributed by atoms with Crippen molar-refractivity contribution in [1.29, 1.82) is 0 Å². The number of aromatic nitrogens is 3. The Labute approximate surface area is 70.0 Å². The van der Waals surface area contributed by atoms with E-state index >= 15 is 0 Å². The maximum absolute atomic E-state index is 10.1. The first-order valence-corrected chi connectivity index (χ1v) is 3.83. The number of carboxylic acids is 1. The average Bonchev–Trinajstić information content (AvgIpc) is 2.49. The predicted octanol–water partition coefficient (Wildman–Crippen LogP) is 0.533. The molecule has 0 fully saturated rings. The van der Waals surface area contributed by atoms with Crippen LogP contribution in [0.3, 0.4) is 0 Å². The van der Waals surface area contributed by atoms with Crippen LogP contribution in [0.15, 0.2) is 12.7 Å². The van der Waals surface area contributed by atoms with Crippen LogP contribution >= 0.6 is 0 Å². The Bertz CT molecular complexity index is 233. The fourth-order valence-corrected chi connectivity index (χ4v) is 0.898. The normalized spacial score (nSPS) is 10.0. The van der Waals surface area contributed by atoms with E-state index in [1.165, 1.54) is 6.33 Å². The van der Waals surface area contributed by atoms with Crippen LogP contribution in [0.2, 0.25) is 0 Å². The molecule has 1 rings (SSSR count). The van der Waals surface area contributed by atoms with Crippen LogP contribution in [0.1, 0.15) is 19.3 Å². The largest absolute Gasteiger partial charge is 0.481 e. The predicted molar refractivity (Wildman–Crippen MR) is 41.5 cm³/mol. The molecule has 1 heterocycles. The SMILES string of the molecule is O=C(O)CCCCn1cncn1. The second kappa shape index (κ2) is 4.48. The molecule has 0 aliphatic carbocycles. The third-order valence-electron chi connectivity index (χ3n) is 1.49. The van der Waals surface area contributed by atoms with Crippen LogP contribution in [-0.2, 0) is 11.3 Å². The van der Waals surface area contributed by atoms with Gasteiger partial charge in [-0.3, -0.25) is 9.48 Å². The van der Waals surface area contributed by atoms with E-state index in [0.717, 1.165) is 13.0 Å². The van der Waals surface area contributed by atoms with Crippen molar-refractivity contribution in [3.63, 3.8) is 0 Å². The highest BCUT2D eigenvalue weighted by Crippen LogP contribution is 1.97. The molecule has 0 atom stereocenters. The Hall–Kier alpha value is -1.39. The van der Waals surface area contributed by atoms with E-state index in [9.17, 15) is 4.79 Å². The Balaban J connectivity index is 2.07. The fourth-order valence-electron chi connectivity index (χ4n) is 0.898.